The van der Waals surface area contributed by atoms with Crippen molar-refractivity contribution in [2.45, 2.75) is 13.8 Å². The molecule has 6 nitrogen and oxygen atoms in total. The monoisotopic (exact) mass is 400 g/mol. The number of rotatable bonds is 8. The summed E-state index contributed by atoms with van der Waals surface area (Å²) in [6.45, 7) is 3.18. The normalized spacial score (nSPS) is 10.7. The average molecular weight is 400 g/mol. The first kappa shape index (κ1) is 20.4. The first-order valence-electron chi connectivity index (χ1n) is 9.26. The van der Waals surface area contributed by atoms with Gasteiger partial charge in [0.05, 0.1) is 18.6 Å². The minimum absolute atomic E-state index is 0.161. The van der Waals surface area contributed by atoms with E-state index < -0.39 is 17.8 Å². The second-order valence-corrected chi connectivity index (χ2v) is 6.05. The van der Waals surface area contributed by atoms with Crippen LogP contribution in [0.5, 0.6) is 11.5 Å². The van der Waals surface area contributed by atoms with Gasteiger partial charge in [-0.15, -0.1) is 0 Å². The van der Waals surface area contributed by atoms with Gasteiger partial charge in [-0.3, -0.25) is 0 Å². The van der Waals surface area contributed by atoms with E-state index in [-0.39, 0.29) is 37.6 Å². The van der Waals surface area contributed by atoms with Crippen LogP contribution in [0.1, 0.15) is 13.8 Å². The third kappa shape index (κ3) is 4.39. The Labute approximate surface area is 167 Å². The maximum Gasteiger partial charge on any atom is 0.344 e. The first-order chi connectivity index (χ1) is 14.1. The maximum atomic E-state index is 14.8. The lowest BCUT2D eigenvalue weighted by atomic mass is 10.00. The van der Waals surface area contributed by atoms with E-state index in [1.807, 2.05) is 0 Å². The second-order valence-electron chi connectivity index (χ2n) is 6.05. The van der Waals surface area contributed by atoms with E-state index in [2.05, 4.69) is 0 Å². The molecule has 0 heterocycles. The fourth-order valence-electron chi connectivity index (χ4n) is 3.08. The van der Waals surface area contributed by atoms with Crippen LogP contribution in [0.15, 0.2) is 42.5 Å². The van der Waals surface area contributed by atoms with Crippen LogP contribution in [0.3, 0.4) is 0 Å². The van der Waals surface area contributed by atoms with Crippen LogP contribution in [0, 0.1) is 5.82 Å². The van der Waals surface area contributed by atoms with Crippen molar-refractivity contribution in [3.8, 4) is 11.5 Å². The quantitative estimate of drug-likeness (QED) is 0.420. The summed E-state index contributed by atoms with van der Waals surface area (Å²) in [5.41, 5.74) is 0. The van der Waals surface area contributed by atoms with Gasteiger partial charge in [0.15, 0.2) is 13.2 Å². The van der Waals surface area contributed by atoms with Crippen molar-refractivity contribution in [3.05, 3.63) is 48.3 Å². The average Bonchev–Trinajstić information content (AvgIpc) is 2.71. The summed E-state index contributed by atoms with van der Waals surface area (Å²) in [5, 5.41) is 1.75. The number of fused-ring (bicyclic) bond motifs is 2. The Morgan fingerprint density at radius 3 is 1.86 bits per heavy atom. The summed E-state index contributed by atoms with van der Waals surface area (Å²) in [5.74, 6) is -1.06. The largest absolute Gasteiger partial charge is 0.481 e. The van der Waals surface area contributed by atoms with Gasteiger partial charge < -0.3 is 18.9 Å². The molecule has 0 saturated carbocycles. The topological polar surface area (TPSA) is 71.1 Å². The zero-order chi connectivity index (χ0) is 20.8. The van der Waals surface area contributed by atoms with Crippen LogP contribution < -0.4 is 9.47 Å². The summed E-state index contributed by atoms with van der Waals surface area (Å²) in [4.78, 5) is 23.5. The van der Waals surface area contributed by atoms with Crippen molar-refractivity contribution < 1.29 is 32.9 Å². The van der Waals surface area contributed by atoms with Gasteiger partial charge in [0.25, 0.3) is 0 Å². The summed E-state index contributed by atoms with van der Waals surface area (Å²) < 4.78 is 36.0. The van der Waals surface area contributed by atoms with E-state index in [1.165, 1.54) is 6.07 Å². The molecule has 3 rings (SSSR count). The Hall–Kier alpha value is -3.35. The minimum Gasteiger partial charge on any atom is -0.481 e. The van der Waals surface area contributed by atoms with Crippen molar-refractivity contribution >= 4 is 33.5 Å². The lowest BCUT2D eigenvalue weighted by Crippen LogP contribution is -2.16. The van der Waals surface area contributed by atoms with E-state index in [0.717, 1.165) is 0 Å². The molecule has 0 unspecified atom stereocenters. The highest BCUT2D eigenvalue weighted by molar-refractivity contribution is 6.11. The molecule has 0 N–H and O–H groups in total. The van der Waals surface area contributed by atoms with E-state index in [9.17, 15) is 14.0 Å². The number of ether oxygens (including phenoxy) is 4. The Bertz CT molecular complexity index is 1050. The molecule has 7 heteroatoms. The van der Waals surface area contributed by atoms with Crippen molar-refractivity contribution in [1.29, 1.82) is 0 Å². The number of benzene rings is 3. The molecule has 0 amide bonds. The van der Waals surface area contributed by atoms with Crippen LogP contribution in [-0.4, -0.2) is 38.4 Å². The van der Waals surface area contributed by atoms with E-state index >= 15 is 0 Å². The van der Waals surface area contributed by atoms with E-state index in [0.29, 0.717) is 21.9 Å². The molecule has 29 heavy (non-hydrogen) atoms. The highest BCUT2D eigenvalue weighted by Crippen LogP contribution is 2.43. The first-order valence-corrected chi connectivity index (χ1v) is 9.26. The molecule has 0 saturated heterocycles. The maximum absolute atomic E-state index is 14.8. The zero-order valence-electron chi connectivity index (χ0n) is 16.2. The Balaban J connectivity index is 2.14. The van der Waals surface area contributed by atoms with Gasteiger partial charge in [0.1, 0.15) is 17.3 Å². The van der Waals surface area contributed by atoms with Gasteiger partial charge >= 0.3 is 11.9 Å². The van der Waals surface area contributed by atoms with Crippen molar-refractivity contribution in [2.75, 3.05) is 26.4 Å². The molecule has 0 atom stereocenters. The lowest BCUT2D eigenvalue weighted by molar-refractivity contribution is -0.146. The third-order valence-corrected chi connectivity index (χ3v) is 4.18. The molecule has 152 valence electrons. The van der Waals surface area contributed by atoms with Crippen LogP contribution in [-0.2, 0) is 19.1 Å². The lowest BCUT2D eigenvalue weighted by Gasteiger charge is -2.17. The van der Waals surface area contributed by atoms with Crippen molar-refractivity contribution in [1.82, 2.24) is 0 Å². The van der Waals surface area contributed by atoms with Gasteiger partial charge in [-0.2, -0.15) is 0 Å². The van der Waals surface area contributed by atoms with Crippen LogP contribution >= 0.6 is 0 Å². The molecular weight excluding hydrogens is 379 g/mol. The highest BCUT2D eigenvalue weighted by atomic mass is 19.1. The third-order valence-electron chi connectivity index (χ3n) is 4.18. The summed E-state index contributed by atoms with van der Waals surface area (Å²) in [6.07, 6.45) is 0. The molecule has 0 bridgehead atoms. The number of esters is 2. The molecule has 3 aromatic rings. The SMILES string of the molecule is CCOC(=O)COc1c2ccccc2c(OCC(=O)OCC)c2c(F)cccc12. The fraction of sp³-hybridized carbons (Fsp3) is 0.273. The van der Waals surface area contributed by atoms with Crippen LogP contribution in [0.2, 0.25) is 0 Å². The van der Waals surface area contributed by atoms with Gasteiger partial charge in [0.2, 0.25) is 0 Å². The molecular formula is C22H21FO6. The van der Waals surface area contributed by atoms with Gasteiger partial charge in [0, 0.05) is 16.2 Å². The smallest absolute Gasteiger partial charge is 0.344 e. The van der Waals surface area contributed by atoms with Gasteiger partial charge in [-0.1, -0.05) is 36.4 Å². The molecule has 0 radical (unpaired) electrons. The Morgan fingerprint density at radius 2 is 1.28 bits per heavy atom. The summed E-state index contributed by atoms with van der Waals surface area (Å²) >= 11 is 0. The molecule has 0 aliphatic rings. The van der Waals surface area contributed by atoms with Crippen LogP contribution in [0.4, 0.5) is 4.39 Å². The predicted octanol–water partition coefficient (Wildman–Crippen LogP) is 4.02. The predicted molar refractivity (Wildman–Crippen MR) is 106 cm³/mol. The molecule has 0 aromatic heterocycles. The number of carbonyl (C=O) groups is 2. The highest BCUT2D eigenvalue weighted by Gasteiger charge is 2.20. The van der Waals surface area contributed by atoms with Gasteiger partial charge in [-0.25, -0.2) is 14.0 Å². The molecule has 0 aliphatic heterocycles. The van der Waals surface area contributed by atoms with Crippen LogP contribution in [0.25, 0.3) is 21.5 Å². The number of halogens is 1. The Kier molecular flexibility index (Phi) is 6.49. The standard InChI is InChI=1S/C22H21FO6/c1-3-26-18(24)12-28-21-14-8-5-6-9-15(14)22(29-13-19(25)27-4-2)20-16(21)10-7-11-17(20)23/h5-11H,3-4,12-13H2,1-2H3. The van der Waals surface area contributed by atoms with Crippen molar-refractivity contribution in [2.24, 2.45) is 0 Å². The molecule has 3 aromatic carbocycles. The summed E-state index contributed by atoms with van der Waals surface area (Å²) in [6, 6.07) is 11.6. The number of hydrogen-bond acceptors (Lipinski definition) is 6. The minimum atomic E-state index is -0.552. The number of hydrogen-bond donors (Lipinski definition) is 0. The number of carbonyl (C=O) groups excluding carboxylic acids is 2. The second kappa shape index (κ2) is 9.23. The molecule has 0 fully saturated rings. The summed E-state index contributed by atoms with van der Waals surface area (Å²) in [7, 11) is 0. The molecule has 0 spiro atoms. The molecule has 0 aliphatic carbocycles. The van der Waals surface area contributed by atoms with Gasteiger partial charge in [-0.05, 0) is 19.9 Å². The van der Waals surface area contributed by atoms with Crippen molar-refractivity contribution in [3.63, 3.8) is 0 Å². The fourth-order valence-corrected chi connectivity index (χ4v) is 3.08. The Morgan fingerprint density at radius 1 is 0.759 bits per heavy atom. The zero-order valence-corrected chi connectivity index (χ0v) is 16.2. The van der Waals surface area contributed by atoms with E-state index in [1.54, 1.807) is 50.2 Å². The van der Waals surface area contributed by atoms with E-state index in [4.69, 9.17) is 18.9 Å².